The largest absolute Gasteiger partial charge is 0.468 e. The molecular weight excluding hydrogens is 477 g/mol. The summed E-state index contributed by atoms with van der Waals surface area (Å²) in [5, 5.41) is 2.21. The third kappa shape index (κ3) is 6.45. The molecular formula is C22H19F3N2O6S. The first-order valence-corrected chi connectivity index (χ1v) is 11.2. The molecule has 2 N–H and O–H groups in total. The monoisotopic (exact) mass is 496 g/mol. The van der Waals surface area contributed by atoms with Crippen LogP contribution in [0.2, 0.25) is 0 Å². The van der Waals surface area contributed by atoms with E-state index in [-0.39, 0.29) is 22.7 Å². The van der Waals surface area contributed by atoms with Gasteiger partial charge in [-0.05, 0) is 55.0 Å². The number of hydrogen-bond acceptors (Lipinski definition) is 6. The molecule has 0 unspecified atom stereocenters. The maximum absolute atomic E-state index is 12.8. The van der Waals surface area contributed by atoms with Crippen LogP contribution in [0, 0.1) is 6.92 Å². The molecule has 0 atom stereocenters. The molecule has 0 aliphatic heterocycles. The van der Waals surface area contributed by atoms with Crippen molar-refractivity contribution in [3.05, 3.63) is 83.3 Å². The number of benzene rings is 2. The van der Waals surface area contributed by atoms with E-state index in [0.29, 0.717) is 11.3 Å². The van der Waals surface area contributed by atoms with E-state index in [0.717, 1.165) is 24.3 Å². The number of halogens is 3. The molecule has 3 rings (SSSR count). The average Bonchev–Trinajstić information content (AvgIpc) is 3.30. The smallest absolute Gasteiger partial charge is 0.416 e. The van der Waals surface area contributed by atoms with E-state index in [1.807, 2.05) is 0 Å². The molecule has 1 heterocycles. The summed E-state index contributed by atoms with van der Waals surface area (Å²) in [6.45, 7) is 0.660. The number of alkyl halides is 3. The van der Waals surface area contributed by atoms with Gasteiger partial charge in [0.2, 0.25) is 10.0 Å². The Morgan fingerprint density at radius 1 is 1.06 bits per heavy atom. The molecule has 0 aliphatic rings. The van der Waals surface area contributed by atoms with Crippen molar-refractivity contribution in [1.29, 1.82) is 0 Å². The first-order valence-electron chi connectivity index (χ1n) is 9.72. The van der Waals surface area contributed by atoms with Gasteiger partial charge in [-0.3, -0.25) is 4.79 Å². The highest BCUT2D eigenvalue weighted by molar-refractivity contribution is 7.89. The van der Waals surface area contributed by atoms with Crippen molar-refractivity contribution in [1.82, 2.24) is 4.72 Å². The van der Waals surface area contributed by atoms with Gasteiger partial charge in [0, 0.05) is 5.69 Å². The van der Waals surface area contributed by atoms with Crippen LogP contribution in [0.5, 0.6) is 0 Å². The van der Waals surface area contributed by atoms with Crippen LogP contribution in [0.3, 0.4) is 0 Å². The highest BCUT2D eigenvalue weighted by Gasteiger charge is 2.30. The third-order valence-electron chi connectivity index (χ3n) is 4.56. The average molecular weight is 496 g/mol. The van der Waals surface area contributed by atoms with Gasteiger partial charge in [-0.15, -0.1) is 0 Å². The van der Waals surface area contributed by atoms with Crippen molar-refractivity contribution < 1.29 is 40.3 Å². The maximum atomic E-state index is 12.8. The number of anilines is 1. The van der Waals surface area contributed by atoms with Crippen molar-refractivity contribution in [3.8, 4) is 0 Å². The van der Waals surface area contributed by atoms with Gasteiger partial charge in [0.25, 0.3) is 5.91 Å². The molecule has 1 aromatic heterocycles. The van der Waals surface area contributed by atoms with E-state index in [1.54, 1.807) is 19.1 Å². The molecule has 34 heavy (non-hydrogen) atoms. The van der Waals surface area contributed by atoms with Gasteiger partial charge < -0.3 is 14.5 Å². The number of carbonyl (C=O) groups is 2. The Morgan fingerprint density at radius 3 is 2.50 bits per heavy atom. The summed E-state index contributed by atoms with van der Waals surface area (Å²) >= 11 is 0. The van der Waals surface area contributed by atoms with E-state index in [4.69, 9.17) is 9.15 Å². The van der Waals surface area contributed by atoms with E-state index >= 15 is 0 Å². The van der Waals surface area contributed by atoms with Gasteiger partial charge in [0.1, 0.15) is 5.76 Å². The molecule has 0 spiro atoms. The lowest BCUT2D eigenvalue weighted by molar-refractivity contribution is -0.137. The van der Waals surface area contributed by atoms with Crippen LogP contribution in [0.15, 0.2) is 70.2 Å². The summed E-state index contributed by atoms with van der Waals surface area (Å²) in [5.41, 5.74) is -0.764. The summed E-state index contributed by atoms with van der Waals surface area (Å²) < 4.78 is 75.8. The molecule has 2 aromatic carbocycles. The molecule has 0 fully saturated rings. The second-order valence-electron chi connectivity index (χ2n) is 7.08. The fraction of sp³-hybridized carbons (Fsp3) is 0.182. The molecule has 0 saturated heterocycles. The van der Waals surface area contributed by atoms with E-state index in [2.05, 4.69) is 10.0 Å². The molecule has 3 aromatic rings. The van der Waals surface area contributed by atoms with Crippen molar-refractivity contribution in [2.75, 3.05) is 11.9 Å². The number of sulfonamides is 1. The Labute approximate surface area is 192 Å². The first kappa shape index (κ1) is 25.0. The van der Waals surface area contributed by atoms with E-state index < -0.39 is 40.2 Å². The first-order chi connectivity index (χ1) is 16.0. The third-order valence-corrected chi connectivity index (χ3v) is 5.96. The van der Waals surface area contributed by atoms with Crippen LogP contribution in [-0.4, -0.2) is 26.9 Å². The SMILES string of the molecule is Cc1ccc(S(=O)(=O)NCc2ccco2)cc1C(=O)OCC(=O)Nc1cccc(C(F)(F)F)c1. The van der Waals surface area contributed by atoms with Gasteiger partial charge >= 0.3 is 12.1 Å². The molecule has 0 aliphatic carbocycles. The summed E-state index contributed by atoms with van der Waals surface area (Å²) in [6.07, 6.45) is -3.18. The Balaban J connectivity index is 1.64. The zero-order valence-corrected chi connectivity index (χ0v) is 18.5. The van der Waals surface area contributed by atoms with Crippen LogP contribution in [0.25, 0.3) is 0 Å². The van der Waals surface area contributed by atoms with E-state index in [9.17, 15) is 31.2 Å². The van der Waals surface area contributed by atoms with Crippen LogP contribution >= 0.6 is 0 Å². The predicted octanol–water partition coefficient (Wildman–Crippen LogP) is 3.88. The number of carbonyl (C=O) groups excluding carboxylic acids is 2. The standard InChI is InChI=1S/C22H19F3N2O6S/c1-14-7-8-18(34(30,31)26-12-17-6-3-9-32-17)11-19(14)21(29)33-13-20(28)27-16-5-2-4-15(10-16)22(23,24)25/h2-11,26H,12-13H2,1H3,(H,27,28). The predicted molar refractivity (Wildman–Crippen MR) is 114 cm³/mol. The maximum Gasteiger partial charge on any atom is 0.416 e. The van der Waals surface area contributed by atoms with Crippen LogP contribution in [0.4, 0.5) is 18.9 Å². The summed E-state index contributed by atoms with van der Waals surface area (Å²) in [5.74, 6) is -1.45. The lowest BCUT2D eigenvalue weighted by Crippen LogP contribution is -2.24. The van der Waals surface area contributed by atoms with Gasteiger partial charge in [-0.25, -0.2) is 17.9 Å². The molecule has 8 nitrogen and oxygen atoms in total. The van der Waals surface area contributed by atoms with Gasteiger partial charge in [0.15, 0.2) is 6.61 Å². The number of ether oxygens (including phenoxy) is 1. The Hall–Kier alpha value is -3.64. The topological polar surface area (TPSA) is 115 Å². The zero-order chi connectivity index (χ0) is 24.9. The summed E-state index contributed by atoms with van der Waals surface area (Å²) in [4.78, 5) is 24.3. The highest BCUT2D eigenvalue weighted by atomic mass is 32.2. The second kappa shape index (κ2) is 10.1. The minimum Gasteiger partial charge on any atom is -0.468 e. The fourth-order valence-electron chi connectivity index (χ4n) is 2.83. The minimum absolute atomic E-state index is 0.0901. The molecule has 0 radical (unpaired) electrons. The van der Waals surface area contributed by atoms with Crippen LogP contribution < -0.4 is 10.0 Å². The van der Waals surface area contributed by atoms with Crippen molar-refractivity contribution in [2.24, 2.45) is 0 Å². The van der Waals surface area contributed by atoms with Crippen molar-refractivity contribution >= 4 is 27.6 Å². The Morgan fingerprint density at radius 2 is 1.82 bits per heavy atom. The van der Waals surface area contributed by atoms with Gasteiger partial charge in [0.05, 0.1) is 28.8 Å². The number of aryl methyl sites for hydroxylation is 1. The van der Waals surface area contributed by atoms with Crippen LogP contribution in [0.1, 0.15) is 27.2 Å². The summed E-state index contributed by atoms with van der Waals surface area (Å²) in [7, 11) is -3.99. The van der Waals surface area contributed by atoms with Gasteiger partial charge in [-0.2, -0.15) is 13.2 Å². The number of rotatable bonds is 8. The van der Waals surface area contributed by atoms with Gasteiger partial charge in [-0.1, -0.05) is 12.1 Å². The number of esters is 1. The zero-order valence-electron chi connectivity index (χ0n) is 17.7. The second-order valence-corrected chi connectivity index (χ2v) is 8.85. The fourth-order valence-corrected chi connectivity index (χ4v) is 3.85. The highest BCUT2D eigenvalue weighted by Crippen LogP contribution is 2.30. The van der Waals surface area contributed by atoms with Crippen molar-refractivity contribution in [2.45, 2.75) is 24.5 Å². The van der Waals surface area contributed by atoms with E-state index in [1.165, 1.54) is 24.5 Å². The number of furan rings is 1. The quantitative estimate of drug-likeness (QED) is 0.458. The van der Waals surface area contributed by atoms with Crippen LogP contribution in [-0.2, 0) is 32.3 Å². The molecule has 0 bridgehead atoms. The minimum atomic E-state index is -4.58. The molecule has 1 amide bonds. The number of nitrogens with one attached hydrogen (secondary N) is 2. The number of amides is 1. The van der Waals surface area contributed by atoms with Crippen molar-refractivity contribution in [3.63, 3.8) is 0 Å². The Kier molecular flexibility index (Phi) is 7.42. The number of hydrogen-bond donors (Lipinski definition) is 2. The molecule has 12 heteroatoms. The lowest BCUT2D eigenvalue weighted by Gasteiger charge is -2.11. The molecule has 0 saturated carbocycles. The lowest BCUT2D eigenvalue weighted by atomic mass is 10.1. The molecule has 180 valence electrons. The Bertz CT molecular complexity index is 1290. The summed E-state index contributed by atoms with van der Waals surface area (Å²) in [6, 6.07) is 11.0. The normalized spacial score (nSPS) is 11.8.